The van der Waals surface area contributed by atoms with Gasteiger partial charge in [-0.1, -0.05) is 39.8 Å². The number of halogens is 1. The zero-order valence-corrected chi connectivity index (χ0v) is 11.8. The van der Waals surface area contributed by atoms with Crippen LogP contribution in [0, 0.1) is 0 Å². The molecule has 0 fully saturated rings. The molecular formula is C13H12BrNOS. The number of nitrogens with one attached hydrogen (secondary N) is 1. The molecule has 0 amide bonds. The number of H-pyrrole nitrogens is 1. The molecule has 2 aromatic rings. The van der Waals surface area contributed by atoms with Crippen molar-refractivity contribution >= 4 is 49.8 Å². The summed E-state index contributed by atoms with van der Waals surface area (Å²) >= 11 is 4.78. The number of carbonyl (C=O) groups excluding carboxylic acids is 1. The van der Waals surface area contributed by atoms with Gasteiger partial charge in [-0.15, -0.1) is 0 Å². The topological polar surface area (TPSA) is 32.9 Å². The summed E-state index contributed by atoms with van der Waals surface area (Å²) in [5.74, 6) is 0.718. The van der Waals surface area contributed by atoms with E-state index in [4.69, 9.17) is 0 Å². The van der Waals surface area contributed by atoms with Gasteiger partial charge in [0.2, 0.25) is 0 Å². The number of benzene rings is 1. The van der Waals surface area contributed by atoms with E-state index >= 15 is 0 Å². The molecule has 2 nitrogen and oxygen atoms in total. The average Bonchev–Trinajstić information content (AvgIpc) is 2.67. The van der Waals surface area contributed by atoms with Gasteiger partial charge in [-0.25, -0.2) is 0 Å². The Morgan fingerprint density at radius 1 is 1.53 bits per heavy atom. The van der Waals surface area contributed by atoms with E-state index in [2.05, 4.69) is 27.0 Å². The number of thioether (sulfide) groups is 1. The molecule has 0 radical (unpaired) electrons. The third kappa shape index (κ3) is 3.23. The zero-order chi connectivity index (χ0) is 12.3. The summed E-state index contributed by atoms with van der Waals surface area (Å²) < 4.78 is 1.07. The monoisotopic (exact) mass is 309 g/mol. The molecule has 1 heterocycles. The number of hydrogen-bond acceptors (Lipinski definition) is 2. The second-order valence-electron chi connectivity index (χ2n) is 3.64. The third-order valence-corrected chi connectivity index (χ3v) is 3.61. The minimum Gasteiger partial charge on any atom is -0.361 e. The Balaban J connectivity index is 2.18. The van der Waals surface area contributed by atoms with E-state index in [-0.39, 0.29) is 5.12 Å². The standard InChI is InChI=1S/C13H12BrNOS/c1-9(16)17-6-2-3-10-8-15-13-5-4-11(14)7-12(10)13/h2-5,7-8,15H,6H2,1H3. The van der Waals surface area contributed by atoms with Gasteiger partial charge in [0.05, 0.1) is 0 Å². The van der Waals surface area contributed by atoms with Gasteiger partial charge in [0.25, 0.3) is 0 Å². The van der Waals surface area contributed by atoms with Gasteiger partial charge in [0, 0.05) is 34.2 Å². The molecule has 0 saturated heterocycles. The molecule has 0 atom stereocenters. The van der Waals surface area contributed by atoms with E-state index in [1.165, 1.54) is 17.1 Å². The summed E-state index contributed by atoms with van der Waals surface area (Å²) in [6.45, 7) is 1.58. The lowest BCUT2D eigenvalue weighted by molar-refractivity contribution is -0.109. The first-order valence-electron chi connectivity index (χ1n) is 5.23. The van der Waals surface area contributed by atoms with Gasteiger partial charge in [-0.05, 0) is 23.8 Å². The van der Waals surface area contributed by atoms with Crippen molar-refractivity contribution in [3.05, 3.63) is 40.5 Å². The second kappa shape index (κ2) is 5.56. The van der Waals surface area contributed by atoms with Crippen molar-refractivity contribution in [2.24, 2.45) is 0 Å². The van der Waals surface area contributed by atoms with Crippen LogP contribution in [0.2, 0.25) is 0 Å². The maximum Gasteiger partial charge on any atom is 0.186 e. The Hall–Kier alpha value is -1.000. The predicted molar refractivity (Wildman–Crippen MR) is 78.2 cm³/mol. The molecule has 0 unspecified atom stereocenters. The van der Waals surface area contributed by atoms with E-state index in [1.807, 2.05) is 30.5 Å². The summed E-state index contributed by atoms with van der Waals surface area (Å²) in [5.41, 5.74) is 2.26. The summed E-state index contributed by atoms with van der Waals surface area (Å²) in [6.07, 6.45) is 6.03. The fourth-order valence-electron chi connectivity index (χ4n) is 1.59. The van der Waals surface area contributed by atoms with Gasteiger partial charge >= 0.3 is 0 Å². The fourth-order valence-corrected chi connectivity index (χ4v) is 2.38. The number of hydrogen-bond donors (Lipinski definition) is 1. The summed E-state index contributed by atoms with van der Waals surface area (Å²) in [4.78, 5) is 14.0. The molecule has 0 spiro atoms. The van der Waals surface area contributed by atoms with Crippen LogP contribution in [0.5, 0.6) is 0 Å². The molecule has 1 aromatic carbocycles. The molecular weight excluding hydrogens is 298 g/mol. The summed E-state index contributed by atoms with van der Waals surface area (Å²) in [5, 5.41) is 1.33. The van der Waals surface area contributed by atoms with Gasteiger partial charge < -0.3 is 4.98 Å². The van der Waals surface area contributed by atoms with Gasteiger partial charge in [-0.2, -0.15) is 0 Å². The van der Waals surface area contributed by atoms with Crippen molar-refractivity contribution in [3.63, 3.8) is 0 Å². The first-order chi connectivity index (χ1) is 8.16. The van der Waals surface area contributed by atoms with E-state index in [9.17, 15) is 4.79 Å². The summed E-state index contributed by atoms with van der Waals surface area (Å²) in [7, 11) is 0. The van der Waals surface area contributed by atoms with Crippen molar-refractivity contribution in [1.29, 1.82) is 0 Å². The molecule has 0 saturated carbocycles. The molecule has 0 bridgehead atoms. The minimum absolute atomic E-state index is 0.149. The number of fused-ring (bicyclic) bond motifs is 1. The maximum absolute atomic E-state index is 10.8. The number of aromatic nitrogens is 1. The highest BCUT2D eigenvalue weighted by molar-refractivity contribution is 9.10. The zero-order valence-electron chi connectivity index (χ0n) is 9.37. The van der Waals surface area contributed by atoms with Crippen LogP contribution in [-0.2, 0) is 4.79 Å². The molecule has 1 aromatic heterocycles. The Kier molecular flexibility index (Phi) is 4.07. The van der Waals surface area contributed by atoms with Crippen molar-refractivity contribution in [1.82, 2.24) is 4.98 Å². The average molecular weight is 310 g/mol. The molecule has 1 N–H and O–H groups in total. The van der Waals surface area contributed by atoms with Crippen LogP contribution < -0.4 is 0 Å². The Morgan fingerprint density at radius 3 is 3.12 bits per heavy atom. The lowest BCUT2D eigenvalue weighted by Crippen LogP contribution is -1.81. The van der Waals surface area contributed by atoms with E-state index in [0.717, 1.165) is 21.3 Å². The molecule has 0 aliphatic carbocycles. The Morgan fingerprint density at radius 2 is 2.35 bits per heavy atom. The molecule has 17 heavy (non-hydrogen) atoms. The SMILES string of the molecule is CC(=O)SCC=Cc1c[nH]c2ccc(Br)cc12. The predicted octanol–water partition coefficient (Wildman–Crippen LogP) is 4.22. The van der Waals surface area contributed by atoms with Crippen LogP contribution in [0.4, 0.5) is 0 Å². The van der Waals surface area contributed by atoms with Crippen LogP contribution in [0.3, 0.4) is 0 Å². The van der Waals surface area contributed by atoms with Gasteiger partial charge in [-0.3, -0.25) is 4.79 Å². The van der Waals surface area contributed by atoms with Crippen molar-refractivity contribution in [2.45, 2.75) is 6.92 Å². The van der Waals surface area contributed by atoms with Crippen LogP contribution in [0.15, 0.2) is 34.9 Å². The van der Waals surface area contributed by atoms with Crippen molar-refractivity contribution < 1.29 is 4.79 Å². The van der Waals surface area contributed by atoms with Crippen LogP contribution in [0.25, 0.3) is 17.0 Å². The highest BCUT2D eigenvalue weighted by Crippen LogP contribution is 2.23. The molecule has 4 heteroatoms. The quantitative estimate of drug-likeness (QED) is 0.920. The van der Waals surface area contributed by atoms with Crippen LogP contribution in [-0.4, -0.2) is 15.9 Å². The highest BCUT2D eigenvalue weighted by Gasteiger charge is 2.00. The van der Waals surface area contributed by atoms with Crippen LogP contribution in [0.1, 0.15) is 12.5 Å². The Bertz CT molecular complexity index is 574. The minimum atomic E-state index is 0.149. The van der Waals surface area contributed by atoms with Gasteiger partial charge in [0.1, 0.15) is 0 Å². The lowest BCUT2D eigenvalue weighted by atomic mass is 10.2. The number of rotatable bonds is 3. The Labute approximate surface area is 113 Å². The number of carbonyl (C=O) groups is 1. The molecule has 88 valence electrons. The highest BCUT2D eigenvalue weighted by atomic mass is 79.9. The van der Waals surface area contributed by atoms with Crippen molar-refractivity contribution in [2.75, 3.05) is 5.75 Å². The lowest BCUT2D eigenvalue weighted by Gasteiger charge is -1.94. The molecule has 0 aliphatic rings. The van der Waals surface area contributed by atoms with E-state index < -0.39 is 0 Å². The van der Waals surface area contributed by atoms with E-state index in [1.54, 1.807) is 6.92 Å². The first-order valence-corrected chi connectivity index (χ1v) is 7.01. The normalized spacial score (nSPS) is 11.4. The summed E-state index contributed by atoms with van der Waals surface area (Å²) in [6, 6.07) is 6.14. The largest absolute Gasteiger partial charge is 0.361 e. The third-order valence-electron chi connectivity index (χ3n) is 2.36. The molecule has 0 aliphatic heterocycles. The molecule has 2 rings (SSSR count). The second-order valence-corrected chi connectivity index (χ2v) is 5.75. The maximum atomic E-state index is 10.8. The van der Waals surface area contributed by atoms with E-state index in [0.29, 0.717) is 0 Å². The van der Waals surface area contributed by atoms with Crippen molar-refractivity contribution in [3.8, 4) is 0 Å². The smallest absolute Gasteiger partial charge is 0.186 e. The van der Waals surface area contributed by atoms with Gasteiger partial charge in [0.15, 0.2) is 5.12 Å². The first kappa shape index (κ1) is 12.5. The fraction of sp³-hybridized carbons (Fsp3) is 0.154. The van der Waals surface area contributed by atoms with Crippen LogP contribution >= 0.6 is 27.7 Å². The number of aromatic amines is 1.